The van der Waals surface area contributed by atoms with E-state index in [2.05, 4.69) is 15.6 Å². The number of aromatic nitrogens is 1. The van der Waals surface area contributed by atoms with Crippen LogP contribution in [0.25, 0.3) is 0 Å². The monoisotopic (exact) mass is 356 g/mol. The van der Waals surface area contributed by atoms with Gasteiger partial charge in [0, 0.05) is 38.4 Å². The Balaban J connectivity index is 1.66. The second-order valence-corrected chi connectivity index (χ2v) is 7.86. The van der Waals surface area contributed by atoms with Gasteiger partial charge in [-0.3, -0.25) is 0 Å². The van der Waals surface area contributed by atoms with Crippen molar-refractivity contribution < 1.29 is 17.9 Å². The number of ether oxygens (including phenoxy) is 1. The van der Waals surface area contributed by atoms with E-state index < -0.39 is 10.0 Å². The summed E-state index contributed by atoms with van der Waals surface area (Å²) in [5, 5.41) is 5.61. The lowest BCUT2D eigenvalue weighted by atomic mass is 9.98. The largest absolute Gasteiger partial charge is 0.481 e. The minimum atomic E-state index is -3.11. The average Bonchev–Trinajstić information content (AvgIpc) is 2.58. The summed E-state index contributed by atoms with van der Waals surface area (Å²) < 4.78 is 29.4. The van der Waals surface area contributed by atoms with Gasteiger partial charge in [0.1, 0.15) is 0 Å². The molecule has 1 aliphatic heterocycles. The third kappa shape index (κ3) is 5.64. The topological polar surface area (TPSA) is 101 Å². The molecule has 1 saturated heterocycles. The highest BCUT2D eigenvalue weighted by atomic mass is 32.2. The smallest absolute Gasteiger partial charge is 0.315 e. The van der Waals surface area contributed by atoms with Crippen LogP contribution >= 0.6 is 0 Å². The molecule has 0 aliphatic carbocycles. The third-order valence-electron chi connectivity index (χ3n) is 4.05. The first kappa shape index (κ1) is 18.5. The van der Waals surface area contributed by atoms with Crippen molar-refractivity contribution >= 4 is 16.1 Å². The molecular weight excluding hydrogens is 332 g/mol. The van der Waals surface area contributed by atoms with Gasteiger partial charge in [0.2, 0.25) is 15.9 Å². The van der Waals surface area contributed by atoms with Gasteiger partial charge in [-0.25, -0.2) is 22.5 Å². The summed E-state index contributed by atoms with van der Waals surface area (Å²) in [6.07, 6.45) is 4.40. The van der Waals surface area contributed by atoms with E-state index in [4.69, 9.17) is 4.74 Å². The molecule has 1 fully saturated rings. The van der Waals surface area contributed by atoms with Crippen LogP contribution in [-0.2, 0) is 16.6 Å². The zero-order chi connectivity index (χ0) is 17.6. The lowest BCUT2D eigenvalue weighted by Crippen LogP contribution is -2.43. The van der Waals surface area contributed by atoms with E-state index in [0.717, 1.165) is 18.4 Å². The number of urea groups is 1. The Hall–Kier alpha value is -1.87. The number of methoxy groups -OCH3 is 1. The van der Waals surface area contributed by atoms with Crippen LogP contribution in [0.2, 0.25) is 0 Å². The summed E-state index contributed by atoms with van der Waals surface area (Å²) in [4.78, 5) is 15.9. The van der Waals surface area contributed by atoms with Crippen molar-refractivity contribution in [3.05, 3.63) is 23.9 Å². The Labute approximate surface area is 142 Å². The normalized spacial score (nSPS) is 16.6. The Morgan fingerprint density at radius 1 is 1.33 bits per heavy atom. The lowest BCUT2D eigenvalue weighted by Gasteiger charge is -2.30. The number of pyridine rings is 1. The first-order valence-electron chi connectivity index (χ1n) is 7.84. The molecule has 8 nitrogen and oxygen atoms in total. The molecule has 2 heterocycles. The number of amides is 2. The Morgan fingerprint density at radius 3 is 2.58 bits per heavy atom. The molecule has 2 amide bonds. The van der Waals surface area contributed by atoms with Gasteiger partial charge in [0.15, 0.2) is 0 Å². The molecule has 2 N–H and O–H groups in total. The second-order valence-electron chi connectivity index (χ2n) is 5.88. The molecule has 0 unspecified atom stereocenters. The predicted octanol–water partition coefficient (Wildman–Crippen LogP) is 0.561. The second kappa shape index (κ2) is 8.29. The molecule has 0 spiro atoms. The van der Waals surface area contributed by atoms with E-state index in [-0.39, 0.29) is 6.03 Å². The van der Waals surface area contributed by atoms with E-state index >= 15 is 0 Å². The van der Waals surface area contributed by atoms with Crippen molar-refractivity contribution in [3.8, 4) is 5.88 Å². The number of carbonyl (C=O) groups is 1. The van der Waals surface area contributed by atoms with Gasteiger partial charge >= 0.3 is 6.03 Å². The third-order valence-corrected chi connectivity index (χ3v) is 5.36. The summed E-state index contributed by atoms with van der Waals surface area (Å²) in [5.74, 6) is 0.833. The molecule has 134 valence electrons. The number of nitrogens with zero attached hydrogens (tertiary/aromatic N) is 2. The zero-order valence-electron chi connectivity index (χ0n) is 14.0. The van der Waals surface area contributed by atoms with E-state index in [1.807, 2.05) is 6.07 Å². The summed E-state index contributed by atoms with van der Waals surface area (Å²) in [6.45, 7) is 1.97. The molecule has 1 aromatic rings. The molecule has 24 heavy (non-hydrogen) atoms. The maximum absolute atomic E-state index is 11.8. The number of rotatable bonds is 6. The Bertz CT molecular complexity index is 640. The number of hydrogen-bond acceptors (Lipinski definition) is 5. The van der Waals surface area contributed by atoms with E-state index in [9.17, 15) is 13.2 Å². The fraction of sp³-hybridized carbons (Fsp3) is 0.600. The van der Waals surface area contributed by atoms with Crippen LogP contribution < -0.4 is 15.4 Å². The van der Waals surface area contributed by atoms with Crippen LogP contribution in [0.3, 0.4) is 0 Å². The average molecular weight is 356 g/mol. The lowest BCUT2D eigenvalue weighted by molar-refractivity contribution is 0.231. The summed E-state index contributed by atoms with van der Waals surface area (Å²) in [7, 11) is -1.56. The van der Waals surface area contributed by atoms with Crippen molar-refractivity contribution in [2.75, 3.05) is 33.0 Å². The van der Waals surface area contributed by atoms with Crippen LogP contribution in [0.4, 0.5) is 4.79 Å². The standard InChI is InChI=1S/C15H24N4O4S/c1-23-14-4-3-13(10-16-14)11-18-15(20)17-9-12-5-7-19(8-6-12)24(2,21)22/h3-4,10,12H,5-9,11H2,1-2H3,(H2,17,18,20). The maximum Gasteiger partial charge on any atom is 0.315 e. The molecule has 0 radical (unpaired) electrons. The molecule has 1 aliphatic rings. The molecule has 1 aromatic heterocycles. The van der Waals surface area contributed by atoms with E-state index in [0.29, 0.717) is 38.0 Å². The first-order valence-corrected chi connectivity index (χ1v) is 9.69. The first-order chi connectivity index (χ1) is 11.4. The Kier molecular flexibility index (Phi) is 6.38. The summed E-state index contributed by atoms with van der Waals surface area (Å²) in [5.41, 5.74) is 0.882. The molecule has 0 saturated carbocycles. The van der Waals surface area contributed by atoms with Gasteiger partial charge in [0.25, 0.3) is 0 Å². The van der Waals surface area contributed by atoms with Gasteiger partial charge in [-0.15, -0.1) is 0 Å². The minimum Gasteiger partial charge on any atom is -0.481 e. The summed E-state index contributed by atoms with van der Waals surface area (Å²) in [6, 6.07) is 3.34. The van der Waals surface area contributed by atoms with Crippen molar-refractivity contribution in [1.29, 1.82) is 0 Å². The molecule has 0 aromatic carbocycles. The predicted molar refractivity (Wildman–Crippen MR) is 90.2 cm³/mol. The molecule has 0 atom stereocenters. The van der Waals surface area contributed by atoms with Crippen molar-refractivity contribution in [3.63, 3.8) is 0 Å². The molecule has 9 heteroatoms. The molecule has 0 bridgehead atoms. The number of sulfonamides is 1. The minimum absolute atomic E-state index is 0.239. The highest BCUT2D eigenvalue weighted by molar-refractivity contribution is 7.88. The quantitative estimate of drug-likeness (QED) is 0.776. The summed E-state index contributed by atoms with van der Waals surface area (Å²) >= 11 is 0. The SMILES string of the molecule is COc1ccc(CNC(=O)NCC2CCN(S(C)(=O)=O)CC2)cn1. The Morgan fingerprint density at radius 2 is 2.04 bits per heavy atom. The number of hydrogen-bond donors (Lipinski definition) is 2. The zero-order valence-corrected chi connectivity index (χ0v) is 14.8. The van der Waals surface area contributed by atoms with Gasteiger partial charge in [-0.2, -0.15) is 0 Å². The molecular formula is C15H24N4O4S. The van der Waals surface area contributed by atoms with Crippen LogP contribution in [0.15, 0.2) is 18.3 Å². The van der Waals surface area contributed by atoms with E-state index in [1.54, 1.807) is 19.4 Å². The van der Waals surface area contributed by atoms with Crippen molar-refractivity contribution in [2.24, 2.45) is 5.92 Å². The highest BCUT2D eigenvalue weighted by Crippen LogP contribution is 2.18. The fourth-order valence-corrected chi connectivity index (χ4v) is 3.44. The van der Waals surface area contributed by atoms with Crippen molar-refractivity contribution in [1.82, 2.24) is 19.9 Å². The fourth-order valence-electron chi connectivity index (χ4n) is 2.56. The van der Waals surface area contributed by atoms with Crippen LogP contribution in [0.5, 0.6) is 5.88 Å². The number of piperidine rings is 1. The number of carbonyl (C=O) groups excluding carboxylic acids is 1. The molecule has 2 rings (SSSR count). The number of nitrogens with one attached hydrogen (secondary N) is 2. The van der Waals surface area contributed by atoms with Gasteiger partial charge < -0.3 is 15.4 Å². The van der Waals surface area contributed by atoms with Crippen LogP contribution in [-0.4, -0.2) is 56.7 Å². The van der Waals surface area contributed by atoms with Crippen molar-refractivity contribution in [2.45, 2.75) is 19.4 Å². The maximum atomic E-state index is 11.8. The van der Waals surface area contributed by atoms with Crippen LogP contribution in [0.1, 0.15) is 18.4 Å². The van der Waals surface area contributed by atoms with Crippen LogP contribution in [0, 0.1) is 5.92 Å². The van der Waals surface area contributed by atoms with E-state index in [1.165, 1.54) is 10.6 Å². The highest BCUT2D eigenvalue weighted by Gasteiger charge is 2.24. The van der Waals surface area contributed by atoms with Gasteiger partial charge in [-0.05, 0) is 24.3 Å². The van der Waals surface area contributed by atoms with Gasteiger partial charge in [-0.1, -0.05) is 6.07 Å². The van der Waals surface area contributed by atoms with Gasteiger partial charge in [0.05, 0.1) is 13.4 Å².